The number of benzene rings is 1. The van der Waals surface area contributed by atoms with Crippen molar-refractivity contribution >= 4 is 11.6 Å². The summed E-state index contributed by atoms with van der Waals surface area (Å²) >= 11 is 0. The van der Waals surface area contributed by atoms with Crippen LogP contribution in [0.15, 0.2) is 18.2 Å². The van der Waals surface area contributed by atoms with Gasteiger partial charge in [0.05, 0.1) is 16.8 Å². The quantitative estimate of drug-likeness (QED) is 0.652. The summed E-state index contributed by atoms with van der Waals surface area (Å²) in [5.41, 5.74) is 1.58. The largest absolute Gasteiger partial charge is 0.416 e. The number of carbonyl (C=O) groups excluding carboxylic acids is 1. The molecule has 1 heterocycles. The van der Waals surface area contributed by atoms with Gasteiger partial charge in [-0.25, -0.2) is 0 Å². The van der Waals surface area contributed by atoms with Crippen LogP contribution in [0, 0.1) is 11.8 Å². The van der Waals surface area contributed by atoms with Gasteiger partial charge in [0.15, 0.2) is 0 Å². The van der Waals surface area contributed by atoms with Crippen molar-refractivity contribution in [3.63, 3.8) is 0 Å². The molecule has 3 N–H and O–H groups in total. The minimum atomic E-state index is -4.49. The summed E-state index contributed by atoms with van der Waals surface area (Å²) in [5.74, 6) is 5.53. The second-order valence-corrected chi connectivity index (χ2v) is 5.57. The SMILES string of the molecule is CC1CN(C(=O)c2cc(C(F)(F)F)ccc2NN)CC1C. The zero-order valence-corrected chi connectivity index (χ0v) is 11.9. The number of nitrogens with zero attached hydrogens (tertiary/aromatic N) is 1. The average molecular weight is 301 g/mol. The fourth-order valence-corrected chi connectivity index (χ4v) is 2.49. The molecule has 0 radical (unpaired) electrons. The summed E-state index contributed by atoms with van der Waals surface area (Å²) < 4.78 is 38.4. The average Bonchev–Trinajstić information content (AvgIpc) is 2.76. The highest BCUT2D eigenvalue weighted by Crippen LogP contribution is 2.33. The topological polar surface area (TPSA) is 58.4 Å². The van der Waals surface area contributed by atoms with Gasteiger partial charge in [0.2, 0.25) is 0 Å². The summed E-state index contributed by atoms with van der Waals surface area (Å²) in [7, 11) is 0. The van der Waals surface area contributed by atoms with Crippen molar-refractivity contribution in [2.24, 2.45) is 17.7 Å². The monoisotopic (exact) mass is 301 g/mol. The predicted octanol–water partition coefficient (Wildman–Crippen LogP) is 2.72. The van der Waals surface area contributed by atoms with E-state index in [1.165, 1.54) is 6.07 Å². The summed E-state index contributed by atoms with van der Waals surface area (Å²) in [4.78, 5) is 14.0. The van der Waals surface area contributed by atoms with E-state index in [9.17, 15) is 18.0 Å². The Balaban J connectivity index is 2.35. The van der Waals surface area contributed by atoms with E-state index in [0.29, 0.717) is 24.9 Å². The van der Waals surface area contributed by atoms with Crippen LogP contribution < -0.4 is 11.3 Å². The first kappa shape index (κ1) is 15.6. The molecule has 1 aliphatic heterocycles. The van der Waals surface area contributed by atoms with Crippen molar-refractivity contribution in [3.8, 4) is 0 Å². The number of rotatable bonds is 2. The molecule has 1 amide bonds. The molecular formula is C14H18F3N3O. The van der Waals surface area contributed by atoms with Crippen molar-refractivity contribution in [1.82, 2.24) is 4.90 Å². The number of hydrogen-bond donors (Lipinski definition) is 2. The Bertz CT molecular complexity index is 535. The third-order valence-electron chi connectivity index (χ3n) is 4.01. The van der Waals surface area contributed by atoms with Crippen LogP contribution in [0.5, 0.6) is 0 Å². The highest BCUT2D eigenvalue weighted by molar-refractivity contribution is 6.00. The van der Waals surface area contributed by atoms with E-state index in [0.717, 1.165) is 12.1 Å². The van der Waals surface area contributed by atoms with E-state index in [-0.39, 0.29) is 11.3 Å². The minimum absolute atomic E-state index is 0.0476. The Hall–Kier alpha value is -1.76. The number of anilines is 1. The third kappa shape index (κ3) is 3.12. The first-order valence-electron chi connectivity index (χ1n) is 6.71. The number of nitrogens with two attached hydrogens (primary N) is 1. The lowest BCUT2D eigenvalue weighted by Gasteiger charge is -2.19. The molecule has 0 aliphatic carbocycles. The van der Waals surface area contributed by atoms with Gasteiger partial charge >= 0.3 is 6.18 Å². The maximum absolute atomic E-state index is 12.8. The standard InChI is InChI=1S/C14H18F3N3O/c1-8-6-20(7-9(8)2)13(21)11-5-10(14(15,16)17)3-4-12(11)19-18/h3-5,8-9,19H,6-7,18H2,1-2H3. The van der Waals surface area contributed by atoms with Gasteiger partial charge in [0.25, 0.3) is 5.91 Å². The van der Waals surface area contributed by atoms with E-state index in [1.807, 2.05) is 13.8 Å². The molecule has 2 rings (SSSR count). The van der Waals surface area contributed by atoms with Gasteiger partial charge < -0.3 is 10.3 Å². The fourth-order valence-electron chi connectivity index (χ4n) is 2.49. The Morgan fingerprint density at radius 1 is 1.29 bits per heavy atom. The highest BCUT2D eigenvalue weighted by Gasteiger charge is 2.34. The maximum Gasteiger partial charge on any atom is 0.416 e. The lowest BCUT2D eigenvalue weighted by atomic mass is 10.0. The van der Waals surface area contributed by atoms with Crippen LogP contribution in [0.1, 0.15) is 29.8 Å². The first-order valence-corrected chi connectivity index (χ1v) is 6.71. The predicted molar refractivity (Wildman–Crippen MR) is 73.5 cm³/mol. The molecule has 116 valence electrons. The summed E-state index contributed by atoms with van der Waals surface area (Å²) in [6.07, 6.45) is -4.49. The van der Waals surface area contributed by atoms with Crippen LogP contribution in [-0.2, 0) is 6.18 Å². The molecule has 4 nitrogen and oxygen atoms in total. The van der Waals surface area contributed by atoms with Crippen LogP contribution in [0.2, 0.25) is 0 Å². The smallest absolute Gasteiger partial charge is 0.338 e. The number of carbonyl (C=O) groups is 1. The normalized spacial score (nSPS) is 22.5. The molecule has 1 aromatic carbocycles. The minimum Gasteiger partial charge on any atom is -0.338 e. The van der Waals surface area contributed by atoms with E-state index >= 15 is 0 Å². The molecule has 0 aromatic heterocycles. The fraction of sp³-hybridized carbons (Fsp3) is 0.500. The second kappa shape index (κ2) is 5.55. The first-order chi connectivity index (χ1) is 9.74. The highest BCUT2D eigenvalue weighted by atomic mass is 19.4. The van der Waals surface area contributed by atoms with Crippen molar-refractivity contribution in [3.05, 3.63) is 29.3 Å². The Kier molecular flexibility index (Phi) is 4.13. The van der Waals surface area contributed by atoms with E-state index in [2.05, 4.69) is 5.43 Å². The van der Waals surface area contributed by atoms with Gasteiger partial charge in [-0.1, -0.05) is 13.8 Å². The molecule has 2 atom stereocenters. The van der Waals surface area contributed by atoms with Crippen LogP contribution in [0.3, 0.4) is 0 Å². The maximum atomic E-state index is 12.8. The number of hydrazine groups is 1. The van der Waals surface area contributed by atoms with Crippen molar-refractivity contribution in [1.29, 1.82) is 0 Å². The molecule has 0 spiro atoms. The molecule has 2 unspecified atom stereocenters. The van der Waals surface area contributed by atoms with Crippen LogP contribution in [0.25, 0.3) is 0 Å². The van der Waals surface area contributed by atoms with Crippen LogP contribution in [0.4, 0.5) is 18.9 Å². The zero-order chi connectivity index (χ0) is 15.8. The molecule has 1 aliphatic rings. The van der Waals surface area contributed by atoms with Crippen molar-refractivity contribution < 1.29 is 18.0 Å². The molecule has 0 bridgehead atoms. The number of likely N-dealkylation sites (tertiary alicyclic amines) is 1. The second-order valence-electron chi connectivity index (χ2n) is 5.57. The van der Waals surface area contributed by atoms with Gasteiger partial charge in [-0.2, -0.15) is 13.2 Å². The third-order valence-corrected chi connectivity index (χ3v) is 4.01. The molecule has 7 heteroatoms. The van der Waals surface area contributed by atoms with E-state index < -0.39 is 17.6 Å². The van der Waals surface area contributed by atoms with Gasteiger partial charge in [-0.15, -0.1) is 0 Å². The number of halogens is 3. The van der Waals surface area contributed by atoms with Gasteiger partial charge in [0, 0.05) is 13.1 Å². The Morgan fingerprint density at radius 3 is 2.33 bits per heavy atom. The van der Waals surface area contributed by atoms with Gasteiger partial charge in [-0.05, 0) is 30.0 Å². The number of hydrogen-bond acceptors (Lipinski definition) is 3. The van der Waals surface area contributed by atoms with Gasteiger partial charge in [0.1, 0.15) is 0 Å². The molecule has 21 heavy (non-hydrogen) atoms. The summed E-state index contributed by atoms with van der Waals surface area (Å²) in [6.45, 7) is 5.12. The number of nitrogens with one attached hydrogen (secondary N) is 1. The molecular weight excluding hydrogens is 283 g/mol. The van der Waals surface area contributed by atoms with Crippen molar-refractivity contribution in [2.45, 2.75) is 20.0 Å². The number of alkyl halides is 3. The summed E-state index contributed by atoms with van der Waals surface area (Å²) in [5, 5.41) is 0. The zero-order valence-electron chi connectivity index (χ0n) is 11.9. The molecule has 1 fully saturated rings. The van der Waals surface area contributed by atoms with Crippen LogP contribution >= 0.6 is 0 Å². The lowest BCUT2D eigenvalue weighted by Crippen LogP contribution is -2.30. The number of nitrogen functional groups attached to an aromatic ring is 1. The Labute approximate surface area is 121 Å². The van der Waals surface area contributed by atoms with Crippen molar-refractivity contribution in [2.75, 3.05) is 18.5 Å². The van der Waals surface area contributed by atoms with E-state index in [1.54, 1.807) is 4.90 Å². The Morgan fingerprint density at radius 2 is 1.86 bits per heavy atom. The molecule has 1 saturated heterocycles. The number of amides is 1. The van der Waals surface area contributed by atoms with Gasteiger partial charge in [-0.3, -0.25) is 10.6 Å². The lowest BCUT2D eigenvalue weighted by molar-refractivity contribution is -0.137. The van der Waals surface area contributed by atoms with Crippen LogP contribution in [-0.4, -0.2) is 23.9 Å². The van der Waals surface area contributed by atoms with E-state index in [4.69, 9.17) is 5.84 Å². The molecule has 1 aromatic rings. The molecule has 0 saturated carbocycles. The summed E-state index contributed by atoms with van der Waals surface area (Å²) in [6, 6.07) is 2.94.